The Balaban J connectivity index is 1.95. The van der Waals surface area contributed by atoms with E-state index < -0.39 is 11.7 Å². The van der Waals surface area contributed by atoms with Crippen LogP contribution in [0, 0.1) is 5.82 Å². The SMILES string of the molecule is CC(C)Oc1ccc(C2=C(SC(C)C)C(=O)N(Cc3ccccc3F)C2=O)cc1. The highest BCUT2D eigenvalue weighted by molar-refractivity contribution is 8.04. The molecule has 3 rings (SSSR count). The third kappa shape index (κ3) is 4.70. The van der Waals surface area contributed by atoms with E-state index >= 15 is 0 Å². The molecule has 29 heavy (non-hydrogen) atoms. The van der Waals surface area contributed by atoms with Crippen molar-refractivity contribution in [2.45, 2.75) is 45.6 Å². The smallest absolute Gasteiger partial charge is 0.268 e. The van der Waals surface area contributed by atoms with Gasteiger partial charge in [0.1, 0.15) is 11.6 Å². The first-order chi connectivity index (χ1) is 13.8. The van der Waals surface area contributed by atoms with Gasteiger partial charge in [-0.2, -0.15) is 0 Å². The molecule has 0 spiro atoms. The Morgan fingerprint density at radius 1 is 0.966 bits per heavy atom. The van der Waals surface area contributed by atoms with Crippen LogP contribution in [-0.4, -0.2) is 28.1 Å². The lowest BCUT2D eigenvalue weighted by molar-refractivity contribution is -0.137. The Morgan fingerprint density at radius 2 is 1.62 bits per heavy atom. The molecule has 2 amide bonds. The summed E-state index contributed by atoms with van der Waals surface area (Å²) in [6.45, 7) is 7.71. The number of hydrogen-bond donors (Lipinski definition) is 0. The van der Waals surface area contributed by atoms with Crippen molar-refractivity contribution in [2.75, 3.05) is 0 Å². The fourth-order valence-electron chi connectivity index (χ4n) is 3.07. The van der Waals surface area contributed by atoms with E-state index in [9.17, 15) is 14.0 Å². The van der Waals surface area contributed by atoms with Crippen LogP contribution < -0.4 is 4.74 Å². The van der Waals surface area contributed by atoms with Crippen LogP contribution in [0.3, 0.4) is 0 Å². The van der Waals surface area contributed by atoms with E-state index in [0.29, 0.717) is 27.4 Å². The Labute approximate surface area is 174 Å². The molecule has 0 atom stereocenters. The summed E-state index contributed by atoms with van der Waals surface area (Å²) in [6.07, 6.45) is 0.0399. The van der Waals surface area contributed by atoms with Crippen molar-refractivity contribution in [2.24, 2.45) is 0 Å². The van der Waals surface area contributed by atoms with E-state index in [4.69, 9.17) is 4.74 Å². The number of carbonyl (C=O) groups is 2. The highest BCUT2D eigenvalue weighted by Crippen LogP contribution is 2.39. The van der Waals surface area contributed by atoms with E-state index in [1.165, 1.54) is 17.8 Å². The van der Waals surface area contributed by atoms with Crippen molar-refractivity contribution >= 4 is 29.1 Å². The minimum absolute atomic E-state index is 0.0399. The first-order valence-corrected chi connectivity index (χ1v) is 10.4. The fraction of sp³-hybridized carbons (Fsp3) is 0.304. The molecule has 0 bridgehead atoms. The first kappa shape index (κ1) is 21.1. The Kier molecular flexibility index (Phi) is 6.42. The predicted molar refractivity (Wildman–Crippen MR) is 114 cm³/mol. The van der Waals surface area contributed by atoms with E-state index in [1.54, 1.807) is 42.5 Å². The average Bonchev–Trinajstić information content (AvgIpc) is 2.88. The van der Waals surface area contributed by atoms with Gasteiger partial charge in [-0.05, 0) is 37.6 Å². The quantitative estimate of drug-likeness (QED) is 0.597. The van der Waals surface area contributed by atoms with E-state index in [0.717, 1.165) is 4.90 Å². The Morgan fingerprint density at radius 3 is 2.21 bits per heavy atom. The zero-order valence-electron chi connectivity index (χ0n) is 16.9. The summed E-state index contributed by atoms with van der Waals surface area (Å²) in [7, 11) is 0. The molecule has 0 radical (unpaired) electrons. The maximum absolute atomic E-state index is 14.1. The van der Waals surface area contributed by atoms with Gasteiger partial charge in [-0.25, -0.2) is 4.39 Å². The summed E-state index contributed by atoms with van der Waals surface area (Å²) in [4.78, 5) is 27.7. The van der Waals surface area contributed by atoms with Crippen LogP contribution in [0.1, 0.15) is 38.8 Å². The van der Waals surface area contributed by atoms with Gasteiger partial charge >= 0.3 is 0 Å². The molecule has 0 saturated heterocycles. The monoisotopic (exact) mass is 413 g/mol. The van der Waals surface area contributed by atoms with Gasteiger partial charge in [0.15, 0.2) is 0 Å². The van der Waals surface area contributed by atoms with Gasteiger partial charge in [-0.1, -0.05) is 44.2 Å². The van der Waals surface area contributed by atoms with Gasteiger partial charge in [-0.15, -0.1) is 11.8 Å². The van der Waals surface area contributed by atoms with Crippen LogP contribution in [0.2, 0.25) is 0 Å². The van der Waals surface area contributed by atoms with Crippen LogP contribution in [0.15, 0.2) is 53.4 Å². The van der Waals surface area contributed by atoms with Crippen molar-refractivity contribution < 1.29 is 18.7 Å². The number of hydrogen-bond acceptors (Lipinski definition) is 4. The van der Waals surface area contributed by atoms with Gasteiger partial charge in [0.05, 0.1) is 23.1 Å². The normalized spacial score (nSPS) is 14.5. The molecule has 4 nitrogen and oxygen atoms in total. The van der Waals surface area contributed by atoms with E-state index in [-0.39, 0.29) is 23.8 Å². The molecule has 0 N–H and O–H groups in total. The van der Waals surface area contributed by atoms with Crippen molar-refractivity contribution in [3.8, 4) is 5.75 Å². The number of ether oxygens (including phenoxy) is 1. The zero-order valence-corrected chi connectivity index (χ0v) is 17.8. The summed E-state index contributed by atoms with van der Waals surface area (Å²) in [5.41, 5.74) is 1.32. The number of halogens is 1. The van der Waals surface area contributed by atoms with Gasteiger partial charge in [-0.3, -0.25) is 14.5 Å². The van der Waals surface area contributed by atoms with Crippen LogP contribution in [0.4, 0.5) is 4.39 Å². The number of nitrogens with zero attached hydrogens (tertiary/aromatic N) is 1. The van der Waals surface area contributed by atoms with Crippen LogP contribution in [0.25, 0.3) is 5.57 Å². The predicted octanol–water partition coefficient (Wildman–Crippen LogP) is 5.03. The second-order valence-electron chi connectivity index (χ2n) is 7.35. The number of thioether (sulfide) groups is 1. The first-order valence-electron chi connectivity index (χ1n) is 9.55. The Bertz CT molecular complexity index is 951. The molecule has 0 fully saturated rings. The summed E-state index contributed by atoms with van der Waals surface area (Å²) >= 11 is 1.35. The molecular weight excluding hydrogens is 389 g/mol. The molecule has 0 aromatic heterocycles. The number of amides is 2. The molecular formula is C23H24FNO3S. The fourth-order valence-corrected chi connectivity index (χ4v) is 4.07. The second kappa shape index (κ2) is 8.82. The van der Waals surface area contributed by atoms with Gasteiger partial charge in [0.2, 0.25) is 0 Å². The largest absolute Gasteiger partial charge is 0.491 e. The summed E-state index contributed by atoms with van der Waals surface area (Å²) < 4.78 is 19.8. The third-order valence-corrected chi connectivity index (χ3v) is 5.37. The van der Waals surface area contributed by atoms with Gasteiger partial charge in [0.25, 0.3) is 11.8 Å². The minimum atomic E-state index is -0.435. The molecule has 1 aliphatic rings. The summed E-state index contributed by atoms with van der Waals surface area (Å²) in [5, 5.41) is 0.119. The second-order valence-corrected chi connectivity index (χ2v) is 8.94. The lowest BCUT2D eigenvalue weighted by atomic mass is 10.1. The highest BCUT2D eigenvalue weighted by Gasteiger charge is 2.39. The van der Waals surface area contributed by atoms with Crippen molar-refractivity contribution in [1.29, 1.82) is 0 Å². The maximum Gasteiger partial charge on any atom is 0.268 e. The third-order valence-electron chi connectivity index (χ3n) is 4.28. The number of benzene rings is 2. The number of imide groups is 1. The number of carbonyl (C=O) groups excluding carboxylic acids is 2. The van der Waals surface area contributed by atoms with Gasteiger partial charge < -0.3 is 4.74 Å². The zero-order chi connectivity index (χ0) is 21.1. The standard InChI is InChI=1S/C23H24FNO3S/c1-14(2)28-18-11-9-16(10-12-18)20-21(29-15(3)4)23(27)25(22(20)26)13-17-7-5-6-8-19(17)24/h5-12,14-15H,13H2,1-4H3. The van der Waals surface area contributed by atoms with Crippen LogP contribution >= 0.6 is 11.8 Å². The maximum atomic E-state index is 14.1. The van der Waals surface area contributed by atoms with E-state index in [1.807, 2.05) is 27.7 Å². The summed E-state index contributed by atoms with van der Waals surface area (Å²) in [6, 6.07) is 13.3. The minimum Gasteiger partial charge on any atom is -0.491 e. The van der Waals surface area contributed by atoms with Crippen LogP contribution in [-0.2, 0) is 16.1 Å². The number of rotatable bonds is 7. The molecule has 0 aliphatic carbocycles. The molecule has 1 aliphatic heterocycles. The molecule has 1 heterocycles. The molecule has 152 valence electrons. The molecule has 0 saturated carbocycles. The van der Waals surface area contributed by atoms with Crippen LogP contribution in [0.5, 0.6) is 5.75 Å². The lowest BCUT2D eigenvalue weighted by Crippen LogP contribution is -2.31. The average molecular weight is 414 g/mol. The molecule has 2 aromatic carbocycles. The van der Waals surface area contributed by atoms with Crippen molar-refractivity contribution in [1.82, 2.24) is 4.90 Å². The topological polar surface area (TPSA) is 46.6 Å². The highest BCUT2D eigenvalue weighted by atomic mass is 32.2. The van der Waals surface area contributed by atoms with Crippen molar-refractivity contribution in [3.05, 3.63) is 70.4 Å². The molecule has 6 heteroatoms. The van der Waals surface area contributed by atoms with Crippen molar-refractivity contribution in [3.63, 3.8) is 0 Å². The van der Waals surface area contributed by atoms with Gasteiger partial charge in [0, 0.05) is 10.8 Å². The molecule has 2 aromatic rings. The van der Waals surface area contributed by atoms with E-state index in [2.05, 4.69) is 0 Å². The lowest BCUT2D eigenvalue weighted by Gasteiger charge is -2.16. The Hall–Kier alpha value is -2.60. The molecule has 0 unspecified atom stereocenters. The summed E-state index contributed by atoms with van der Waals surface area (Å²) in [5.74, 6) is -0.523.